The number of benzene rings is 2. The predicted molar refractivity (Wildman–Crippen MR) is 108 cm³/mol. The topological polar surface area (TPSA) is 66.9 Å². The van der Waals surface area contributed by atoms with Gasteiger partial charge in [-0.05, 0) is 42.7 Å². The van der Waals surface area contributed by atoms with Crippen LogP contribution in [-0.4, -0.2) is 22.4 Å². The van der Waals surface area contributed by atoms with Crippen LogP contribution in [0.2, 0.25) is 5.02 Å². The van der Waals surface area contributed by atoms with E-state index in [0.29, 0.717) is 24.7 Å². The van der Waals surface area contributed by atoms with Gasteiger partial charge in [-0.1, -0.05) is 54.1 Å². The highest BCUT2D eigenvalue weighted by molar-refractivity contribution is 6.30. The van der Waals surface area contributed by atoms with Crippen LogP contribution in [-0.2, 0) is 13.0 Å². The lowest BCUT2D eigenvalue weighted by Gasteiger charge is -2.09. The normalized spacial score (nSPS) is 10.4. The van der Waals surface area contributed by atoms with Gasteiger partial charge >= 0.3 is 0 Å². The first-order valence-electron chi connectivity index (χ1n) is 8.76. The van der Waals surface area contributed by atoms with E-state index >= 15 is 0 Å². The number of carbonyl (C=O) groups excluding carboxylic acids is 1. The highest BCUT2D eigenvalue weighted by Gasteiger charge is 2.10. The zero-order chi connectivity index (χ0) is 19.1. The van der Waals surface area contributed by atoms with Crippen molar-refractivity contribution in [3.05, 3.63) is 88.2 Å². The fourth-order valence-corrected chi connectivity index (χ4v) is 2.73. The number of halogens is 1. The Morgan fingerprint density at radius 2 is 1.74 bits per heavy atom. The lowest BCUT2D eigenvalue weighted by Crippen LogP contribution is -2.24. The van der Waals surface area contributed by atoms with Crippen LogP contribution in [0.3, 0.4) is 0 Å². The lowest BCUT2D eigenvalue weighted by molar-refractivity contribution is 0.0945. The van der Waals surface area contributed by atoms with Gasteiger partial charge in [0.25, 0.3) is 5.91 Å². The summed E-state index contributed by atoms with van der Waals surface area (Å²) in [4.78, 5) is 21.1. The van der Waals surface area contributed by atoms with E-state index in [4.69, 9.17) is 11.6 Å². The fraction of sp³-hybridized carbons (Fsp3) is 0.190. The smallest absolute Gasteiger partial charge is 0.270 e. The average Bonchev–Trinajstić information content (AvgIpc) is 2.68. The Morgan fingerprint density at radius 1 is 1.00 bits per heavy atom. The van der Waals surface area contributed by atoms with Crippen LogP contribution >= 0.6 is 11.6 Å². The summed E-state index contributed by atoms with van der Waals surface area (Å²) in [6.07, 6.45) is 0.810. The van der Waals surface area contributed by atoms with E-state index in [0.717, 1.165) is 22.7 Å². The van der Waals surface area contributed by atoms with Gasteiger partial charge in [0.1, 0.15) is 5.69 Å². The third-order valence-electron chi connectivity index (χ3n) is 3.99. The minimum absolute atomic E-state index is 0.217. The Balaban J connectivity index is 1.58. The first kappa shape index (κ1) is 18.9. The van der Waals surface area contributed by atoms with Crippen LogP contribution in [0, 0.1) is 6.92 Å². The van der Waals surface area contributed by atoms with E-state index in [9.17, 15) is 4.79 Å². The molecule has 0 bridgehead atoms. The quantitative estimate of drug-likeness (QED) is 0.649. The van der Waals surface area contributed by atoms with Crippen LogP contribution in [0.25, 0.3) is 0 Å². The molecule has 0 aliphatic rings. The maximum atomic E-state index is 12.4. The molecule has 3 aromatic rings. The number of hydrogen-bond donors (Lipinski definition) is 2. The van der Waals surface area contributed by atoms with E-state index < -0.39 is 0 Å². The highest BCUT2D eigenvalue weighted by atomic mass is 35.5. The maximum Gasteiger partial charge on any atom is 0.270 e. The van der Waals surface area contributed by atoms with Crippen molar-refractivity contribution in [2.24, 2.45) is 0 Å². The van der Waals surface area contributed by atoms with Gasteiger partial charge < -0.3 is 10.6 Å². The molecule has 0 aliphatic heterocycles. The van der Waals surface area contributed by atoms with Crippen molar-refractivity contribution >= 4 is 23.5 Å². The van der Waals surface area contributed by atoms with Crippen molar-refractivity contribution in [1.29, 1.82) is 0 Å². The summed E-state index contributed by atoms with van der Waals surface area (Å²) in [5.74, 6) is 0.235. The predicted octanol–water partition coefficient (Wildman–Crippen LogP) is 4.02. The Bertz CT molecular complexity index is 898. The van der Waals surface area contributed by atoms with Gasteiger partial charge in [0.05, 0.1) is 0 Å². The summed E-state index contributed by atoms with van der Waals surface area (Å²) in [6.45, 7) is 2.97. The summed E-state index contributed by atoms with van der Waals surface area (Å²) in [6, 6.07) is 19.2. The number of aromatic nitrogens is 2. The second-order valence-corrected chi connectivity index (χ2v) is 6.63. The van der Waals surface area contributed by atoms with Crippen molar-refractivity contribution in [2.75, 3.05) is 11.9 Å². The molecule has 138 valence electrons. The largest absolute Gasteiger partial charge is 0.354 e. The molecular formula is C21H21ClN4O. The van der Waals surface area contributed by atoms with Crippen LogP contribution < -0.4 is 10.6 Å². The SMILES string of the molecule is Cc1cc(C(=O)NCc2ccccc2)nc(NCCc2ccc(Cl)cc2)n1. The van der Waals surface area contributed by atoms with Crippen LogP contribution in [0.5, 0.6) is 0 Å². The molecule has 1 heterocycles. The van der Waals surface area contributed by atoms with Crippen LogP contribution in [0.4, 0.5) is 5.95 Å². The second kappa shape index (κ2) is 9.14. The third kappa shape index (κ3) is 5.79. The van der Waals surface area contributed by atoms with Crippen molar-refractivity contribution in [3.63, 3.8) is 0 Å². The van der Waals surface area contributed by atoms with Gasteiger partial charge in [0.2, 0.25) is 5.95 Å². The maximum absolute atomic E-state index is 12.4. The highest BCUT2D eigenvalue weighted by Crippen LogP contribution is 2.11. The van der Waals surface area contributed by atoms with Crippen molar-refractivity contribution < 1.29 is 4.79 Å². The number of anilines is 1. The number of amides is 1. The van der Waals surface area contributed by atoms with Gasteiger partial charge in [0, 0.05) is 23.8 Å². The molecule has 27 heavy (non-hydrogen) atoms. The van der Waals surface area contributed by atoms with E-state index in [-0.39, 0.29) is 5.91 Å². The summed E-state index contributed by atoms with van der Waals surface area (Å²) in [7, 11) is 0. The number of rotatable bonds is 7. The monoisotopic (exact) mass is 380 g/mol. The molecule has 0 spiro atoms. The molecule has 0 unspecified atom stereocenters. The Hall–Kier alpha value is -2.92. The van der Waals surface area contributed by atoms with E-state index in [1.54, 1.807) is 6.07 Å². The molecule has 0 saturated carbocycles. The first-order valence-corrected chi connectivity index (χ1v) is 9.14. The lowest BCUT2D eigenvalue weighted by atomic mass is 10.1. The zero-order valence-electron chi connectivity index (χ0n) is 15.1. The molecule has 0 atom stereocenters. The van der Waals surface area contributed by atoms with Gasteiger partial charge in [-0.25, -0.2) is 9.97 Å². The zero-order valence-corrected chi connectivity index (χ0v) is 15.8. The third-order valence-corrected chi connectivity index (χ3v) is 4.24. The molecule has 6 heteroatoms. The Labute approximate surface area is 163 Å². The van der Waals surface area contributed by atoms with Gasteiger partial charge in [-0.15, -0.1) is 0 Å². The second-order valence-electron chi connectivity index (χ2n) is 6.19. The molecule has 5 nitrogen and oxygen atoms in total. The van der Waals surface area contributed by atoms with Crippen molar-refractivity contribution in [1.82, 2.24) is 15.3 Å². The fourth-order valence-electron chi connectivity index (χ4n) is 2.60. The number of carbonyl (C=O) groups is 1. The minimum Gasteiger partial charge on any atom is -0.354 e. The molecule has 0 saturated heterocycles. The van der Waals surface area contributed by atoms with Crippen molar-refractivity contribution in [2.45, 2.75) is 19.9 Å². The van der Waals surface area contributed by atoms with Gasteiger partial charge in [-0.2, -0.15) is 0 Å². The number of aryl methyl sites for hydroxylation is 1. The number of hydrogen-bond acceptors (Lipinski definition) is 4. The average molecular weight is 381 g/mol. The summed E-state index contributed by atoms with van der Waals surface area (Å²) >= 11 is 5.90. The van der Waals surface area contributed by atoms with Crippen LogP contribution in [0.15, 0.2) is 60.7 Å². The number of nitrogens with zero attached hydrogens (tertiary/aromatic N) is 2. The molecule has 1 amide bonds. The number of nitrogens with one attached hydrogen (secondary N) is 2. The Morgan fingerprint density at radius 3 is 2.48 bits per heavy atom. The minimum atomic E-state index is -0.217. The molecule has 2 aromatic carbocycles. The Kier molecular flexibility index (Phi) is 6.39. The van der Waals surface area contributed by atoms with E-state index in [1.807, 2.05) is 61.5 Å². The molecule has 0 aliphatic carbocycles. The summed E-state index contributed by atoms with van der Waals surface area (Å²) in [5, 5.41) is 6.79. The molecule has 0 radical (unpaired) electrons. The summed E-state index contributed by atoms with van der Waals surface area (Å²) < 4.78 is 0. The van der Waals surface area contributed by atoms with Crippen molar-refractivity contribution in [3.8, 4) is 0 Å². The molecule has 0 fully saturated rings. The van der Waals surface area contributed by atoms with Gasteiger partial charge in [-0.3, -0.25) is 4.79 Å². The summed E-state index contributed by atoms with van der Waals surface area (Å²) in [5.41, 5.74) is 3.30. The molecule has 1 aromatic heterocycles. The molecule has 3 rings (SSSR count). The molecule has 2 N–H and O–H groups in total. The van der Waals surface area contributed by atoms with Crippen LogP contribution in [0.1, 0.15) is 27.3 Å². The van der Waals surface area contributed by atoms with Gasteiger partial charge in [0.15, 0.2) is 0 Å². The van der Waals surface area contributed by atoms with E-state index in [2.05, 4.69) is 20.6 Å². The van der Waals surface area contributed by atoms with E-state index in [1.165, 1.54) is 5.56 Å². The standard InChI is InChI=1S/C21H21ClN4O/c1-15-13-19(20(27)24-14-17-5-3-2-4-6-17)26-21(25-15)23-12-11-16-7-9-18(22)10-8-16/h2-10,13H,11-12,14H2,1H3,(H,24,27)(H,23,25,26). The first-order chi connectivity index (χ1) is 13.1. The molecular weight excluding hydrogens is 360 g/mol.